The second-order valence-corrected chi connectivity index (χ2v) is 5.69. The van der Waals surface area contributed by atoms with Crippen molar-refractivity contribution >= 4 is 5.82 Å². The Kier molecular flexibility index (Phi) is 2.95. The number of nitrogens with one attached hydrogen (secondary N) is 1. The standard InChI is InChI=1S/C12H20N4O/c1-12(2,3)16-5-4-14-10(11(16)17)15-9-6-8(13)7-9/h4-5,8-9H,6-7,13H2,1-3H3,(H,14,15). The van der Waals surface area contributed by atoms with E-state index in [0.717, 1.165) is 12.8 Å². The lowest BCUT2D eigenvalue weighted by molar-refractivity contribution is 0.366. The summed E-state index contributed by atoms with van der Waals surface area (Å²) >= 11 is 0. The molecule has 5 nitrogen and oxygen atoms in total. The molecule has 94 valence electrons. The number of nitrogens with zero attached hydrogens (tertiary/aromatic N) is 2. The first kappa shape index (κ1) is 12.1. The predicted molar refractivity (Wildman–Crippen MR) is 68.1 cm³/mol. The third-order valence-corrected chi connectivity index (χ3v) is 3.08. The highest BCUT2D eigenvalue weighted by molar-refractivity contribution is 5.33. The van der Waals surface area contributed by atoms with Gasteiger partial charge in [-0.1, -0.05) is 0 Å². The molecule has 0 aromatic carbocycles. The van der Waals surface area contributed by atoms with Crippen molar-refractivity contribution in [3.8, 4) is 0 Å². The van der Waals surface area contributed by atoms with Crippen LogP contribution in [0.5, 0.6) is 0 Å². The summed E-state index contributed by atoms with van der Waals surface area (Å²) in [5.41, 5.74) is 5.42. The maximum Gasteiger partial charge on any atom is 0.293 e. The molecule has 3 N–H and O–H groups in total. The Labute approximate surface area is 101 Å². The van der Waals surface area contributed by atoms with E-state index >= 15 is 0 Å². The van der Waals surface area contributed by atoms with Crippen molar-refractivity contribution in [3.05, 3.63) is 22.7 Å². The lowest BCUT2D eigenvalue weighted by Crippen LogP contribution is -2.46. The van der Waals surface area contributed by atoms with E-state index in [1.807, 2.05) is 20.8 Å². The number of aromatic nitrogens is 2. The van der Waals surface area contributed by atoms with E-state index in [1.165, 1.54) is 0 Å². The van der Waals surface area contributed by atoms with Gasteiger partial charge >= 0.3 is 0 Å². The van der Waals surface area contributed by atoms with Crippen molar-refractivity contribution in [2.24, 2.45) is 5.73 Å². The van der Waals surface area contributed by atoms with Crippen LogP contribution in [0.2, 0.25) is 0 Å². The Bertz CT molecular complexity index is 454. The fourth-order valence-electron chi connectivity index (χ4n) is 2.01. The van der Waals surface area contributed by atoms with Gasteiger partial charge in [0.15, 0.2) is 5.82 Å². The van der Waals surface area contributed by atoms with Crippen LogP contribution in [0.15, 0.2) is 17.2 Å². The van der Waals surface area contributed by atoms with Crippen LogP contribution in [0.3, 0.4) is 0 Å². The molecule has 2 rings (SSSR count). The summed E-state index contributed by atoms with van der Waals surface area (Å²) < 4.78 is 1.70. The van der Waals surface area contributed by atoms with Crippen LogP contribution in [-0.2, 0) is 5.54 Å². The highest BCUT2D eigenvalue weighted by Gasteiger charge is 2.27. The molecule has 17 heavy (non-hydrogen) atoms. The molecule has 1 aromatic rings. The van der Waals surface area contributed by atoms with Crippen molar-refractivity contribution in [1.29, 1.82) is 0 Å². The van der Waals surface area contributed by atoms with Gasteiger partial charge in [-0.3, -0.25) is 4.79 Å². The lowest BCUT2D eigenvalue weighted by atomic mass is 9.88. The molecule has 1 heterocycles. The minimum Gasteiger partial charge on any atom is -0.363 e. The molecule has 5 heteroatoms. The van der Waals surface area contributed by atoms with E-state index in [9.17, 15) is 4.79 Å². The smallest absolute Gasteiger partial charge is 0.293 e. The molecular weight excluding hydrogens is 216 g/mol. The molecule has 1 aliphatic carbocycles. The first-order valence-corrected chi connectivity index (χ1v) is 5.98. The van der Waals surface area contributed by atoms with Gasteiger partial charge in [0.25, 0.3) is 5.56 Å². The molecule has 0 aliphatic heterocycles. The fraction of sp³-hybridized carbons (Fsp3) is 0.667. The van der Waals surface area contributed by atoms with Crippen LogP contribution in [0.4, 0.5) is 5.82 Å². The van der Waals surface area contributed by atoms with E-state index in [0.29, 0.717) is 11.9 Å². The van der Waals surface area contributed by atoms with Gasteiger partial charge in [0.05, 0.1) is 0 Å². The summed E-state index contributed by atoms with van der Waals surface area (Å²) in [4.78, 5) is 16.3. The zero-order valence-electron chi connectivity index (χ0n) is 10.6. The summed E-state index contributed by atoms with van der Waals surface area (Å²) in [6.07, 6.45) is 5.20. The van der Waals surface area contributed by atoms with Crippen molar-refractivity contribution in [2.75, 3.05) is 5.32 Å². The Balaban J connectivity index is 2.21. The number of nitrogens with two attached hydrogens (primary N) is 1. The van der Waals surface area contributed by atoms with Gasteiger partial charge in [-0.25, -0.2) is 4.98 Å². The van der Waals surface area contributed by atoms with Crippen LogP contribution in [0, 0.1) is 0 Å². The molecule has 1 saturated carbocycles. The van der Waals surface area contributed by atoms with Crippen LogP contribution >= 0.6 is 0 Å². The van der Waals surface area contributed by atoms with Gasteiger partial charge in [0.1, 0.15) is 0 Å². The summed E-state index contributed by atoms with van der Waals surface area (Å²) in [6.45, 7) is 5.99. The quantitative estimate of drug-likeness (QED) is 0.800. The van der Waals surface area contributed by atoms with Gasteiger partial charge in [-0.05, 0) is 33.6 Å². The Morgan fingerprint density at radius 1 is 1.47 bits per heavy atom. The molecule has 0 radical (unpaired) electrons. The largest absolute Gasteiger partial charge is 0.363 e. The van der Waals surface area contributed by atoms with Crippen molar-refractivity contribution < 1.29 is 0 Å². The third-order valence-electron chi connectivity index (χ3n) is 3.08. The van der Waals surface area contributed by atoms with E-state index < -0.39 is 0 Å². The van der Waals surface area contributed by atoms with Crippen LogP contribution < -0.4 is 16.6 Å². The zero-order valence-corrected chi connectivity index (χ0v) is 10.6. The number of anilines is 1. The average Bonchev–Trinajstić information content (AvgIpc) is 2.16. The summed E-state index contributed by atoms with van der Waals surface area (Å²) in [5.74, 6) is 0.430. The Morgan fingerprint density at radius 3 is 2.65 bits per heavy atom. The van der Waals surface area contributed by atoms with E-state index in [4.69, 9.17) is 5.73 Å². The summed E-state index contributed by atoms with van der Waals surface area (Å²) in [7, 11) is 0. The fourth-order valence-corrected chi connectivity index (χ4v) is 2.01. The molecule has 0 spiro atoms. The highest BCUT2D eigenvalue weighted by atomic mass is 16.1. The number of hydrogen-bond acceptors (Lipinski definition) is 4. The van der Waals surface area contributed by atoms with Crippen molar-refractivity contribution in [1.82, 2.24) is 9.55 Å². The van der Waals surface area contributed by atoms with Gasteiger partial charge < -0.3 is 15.6 Å². The highest BCUT2D eigenvalue weighted by Crippen LogP contribution is 2.20. The normalized spacial score (nSPS) is 24.2. The molecule has 1 aromatic heterocycles. The minimum absolute atomic E-state index is 0.0690. The van der Waals surface area contributed by atoms with Crippen LogP contribution in [0.25, 0.3) is 0 Å². The average molecular weight is 236 g/mol. The lowest BCUT2D eigenvalue weighted by Gasteiger charge is -2.33. The number of rotatable bonds is 2. The third kappa shape index (κ3) is 2.49. The number of hydrogen-bond donors (Lipinski definition) is 2. The molecule has 0 saturated heterocycles. The first-order chi connectivity index (χ1) is 7.88. The van der Waals surface area contributed by atoms with Crippen LogP contribution in [-0.4, -0.2) is 21.6 Å². The SMILES string of the molecule is CC(C)(C)n1ccnc(NC2CC(N)C2)c1=O. The maximum atomic E-state index is 12.2. The molecule has 0 bridgehead atoms. The van der Waals surface area contributed by atoms with Gasteiger partial charge in [-0.2, -0.15) is 0 Å². The van der Waals surface area contributed by atoms with Crippen molar-refractivity contribution in [2.45, 2.75) is 51.2 Å². The van der Waals surface area contributed by atoms with Gasteiger partial charge in [0, 0.05) is 30.0 Å². The molecule has 0 atom stereocenters. The van der Waals surface area contributed by atoms with Gasteiger partial charge in [-0.15, -0.1) is 0 Å². The maximum absolute atomic E-state index is 12.2. The van der Waals surface area contributed by atoms with E-state index in [1.54, 1.807) is 17.0 Å². The zero-order chi connectivity index (χ0) is 12.6. The second kappa shape index (κ2) is 4.14. The van der Waals surface area contributed by atoms with Gasteiger partial charge in [0.2, 0.25) is 0 Å². The second-order valence-electron chi connectivity index (χ2n) is 5.69. The first-order valence-electron chi connectivity index (χ1n) is 5.98. The van der Waals surface area contributed by atoms with Crippen molar-refractivity contribution in [3.63, 3.8) is 0 Å². The minimum atomic E-state index is -0.230. The Morgan fingerprint density at radius 2 is 2.12 bits per heavy atom. The predicted octanol–water partition coefficient (Wildman–Crippen LogP) is 0.900. The monoisotopic (exact) mass is 236 g/mol. The molecule has 1 aliphatic rings. The van der Waals surface area contributed by atoms with Crippen LogP contribution in [0.1, 0.15) is 33.6 Å². The summed E-state index contributed by atoms with van der Waals surface area (Å²) in [6, 6.07) is 0.557. The Hall–Kier alpha value is -1.36. The molecule has 0 unspecified atom stereocenters. The molecule has 1 fully saturated rings. The molecule has 0 amide bonds. The van der Waals surface area contributed by atoms with E-state index in [-0.39, 0.29) is 17.1 Å². The van der Waals surface area contributed by atoms with E-state index in [2.05, 4.69) is 10.3 Å². The summed E-state index contributed by atoms with van der Waals surface area (Å²) in [5, 5.41) is 3.17. The topological polar surface area (TPSA) is 72.9 Å². The molecular formula is C12H20N4O.